The van der Waals surface area contributed by atoms with Crippen molar-refractivity contribution < 1.29 is 8.81 Å². The Kier molecular flexibility index (Phi) is 4.50. The summed E-state index contributed by atoms with van der Waals surface area (Å²) in [4.78, 5) is 0. The largest absolute Gasteiger partial charge is 0.460 e. The van der Waals surface area contributed by atoms with Gasteiger partial charge in [-0.15, -0.1) is 12.4 Å². The van der Waals surface area contributed by atoms with E-state index in [9.17, 15) is 4.39 Å². The van der Waals surface area contributed by atoms with E-state index in [0.717, 1.165) is 17.9 Å². The molecule has 0 saturated heterocycles. The van der Waals surface area contributed by atoms with Crippen LogP contribution in [-0.4, -0.2) is 6.04 Å². The summed E-state index contributed by atoms with van der Waals surface area (Å²) in [6.07, 6.45) is 2.50. The van der Waals surface area contributed by atoms with Gasteiger partial charge in [0, 0.05) is 11.6 Å². The molecule has 1 saturated carbocycles. The summed E-state index contributed by atoms with van der Waals surface area (Å²) in [5.41, 5.74) is 0.791. The molecule has 1 aliphatic carbocycles. The van der Waals surface area contributed by atoms with Crippen LogP contribution < -0.4 is 5.32 Å². The van der Waals surface area contributed by atoms with E-state index in [0.29, 0.717) is 11.8 Å². The smallest absolute Gasteiger partial charge is 0.141 e. The van der Waals surface area contributed by atoms with Gasteiger partial charge in [0.05, 0.1) is 11.6 Å². The van der Waals surface area contributed by atoms with Crippen LogP contribution in [0.4, 0.5) is 4.39 Å². The van der Waals surface area contributed by atoms with Crippen LogP contribution >= 0.6 is 24.0 Å². The first-order valence-corrected chi connectivity index (χ1v) is 6.38. The molecular weight excluding hydrogens is 288 g/mol. The van der Waals surface area contributed by atoms with Crippen molar-refractivity contribution in [1.82, 2.24) is 5.32 Å². The second-order valence-corrected chi connectivity index (χ2v) is 4.96. The average molecular weight is 302 g/mol. The maximum atomic E-state index is 13.1. The molecule has 19 heavy (non-hydrogen) atoms. The minimum atomic E-state index is -0.414. The lowest BCUT2D eigenvalue weighted by molar-refractivity contribution is 0.492. The van der Waals surface area contributed by atoms with E-state index in [1.54, 1.807) is 12.1 Å². The molecule has 0 atom stereocenters. The lowest BCUT2D eigenvalue weighted by Crippen LogP contribution is -2.14. The van der Waals surface area contributed by atoms with Crippen molar-refractivity contribution in [2.24, 2.45) is 0 Å². The van der Waals surface area contributed by atoms with Crippen molar-refractivity contribution in [3.8, 4) is 11.3 Å². The minimum absolute atomic E-state index is 0. The summed E-state index contributed by atoms with van der Waals surface area (Å²) in [7, 11) is 0. The molecule has 0 radical (unpaired) electrons. The van der Waals surface area contributed by atoms with E-state index in [1.165, 1.54) is 18.9 Å². The van der Waals surface area contributed by atoms with Gasteiger partial charge in [0.2, 0.25) is 0 Å². The van der Waals surface area contributed by atoms with Gasteiger partial charge in [0.1, 0.15) is 17.3 Å². The topological polar surface area (TPSA) is 25.2 Å². The second-order valence-electron chi connectivity index (χ2n) is 4.55. The number of hydrogen-bond donors (Lipinski definition) is 1. The predicted octanol–water partition coefficient (Wildman–Crippen LogP) is 4.41. The molecule has 1 aromatic heterocycles. The highest BCUT2D eigenvalue weighted by Crippen LogP contribution is 2.27. The van der Waals surface area contributed by atoms with Gasteiger partial charge in [-0.2, -0.15) is 0 Å². The van der Waals surface area contributed by atoms with E-state index < -0.39 is 5.82 Å². The van der Waals surface area contributed by atoms with Crippen molar-refractivity contribution >= 4 is 24.0 Å². The number of furan rings is 1. The molecule has 1 aliphatic rings. The lowest BCUT2D eigenvalue weighted by atomic mass is 10.2. The summed E-state index contributed by atoms with van der Waals surface area (Å²) in [6.45, 7) is 0.736. The van der Waals surface area contributed by atoms with Gasteiger partial charge in [-0.1, -0.05) is 11.6 Å². The lowest BCUT2D eigenvalue weighted by Gasteiger charge is -2.00. The third kappa shape index (κ3) is 3.50. The van der Waals surface area contributed by atoms with Crippen molar-refractivity contribution in [3.63, 3.8) is 0 Å². The van der Waals surface area contributed by atoms with Crippen LogP contribution in [0.3, 0.4) is 0 Å². The van der Waals surface area contributed by atoms with E-state index in [1.807, 2.05) is 12.1 Å². The van der Waals surface area contributed by atoms with E-state index in [-0.39, 0.29) is 17.4 Å². The molecule has 102 valence electrons. The van der Waals surface area contributed by atoms with E-state index in [2.05, 4.69) is 5.32 Å². The quantitative estimate of drug-likeness (QED) is 0.905. The third-order valence-corrected chi connectivity index (χ3v) is 3.30. The monoisotopic (exact) mass is 301 g/mol. The molecule has 0 amide bonds. The highest BCUT2D eigenvalue weighted by molar-refractivity contribution is 6.31. The van der Waals surface area contributed by atoms with Gasteiger partial charge in [-0.05, 0) is 43.2 Å². The molecule has 0 spiro atoms. The molecule has 0 aliphatic heterocycles. The molecule has 2 nitrogen and oxygen atoms in total. The van der Waals surface area contributed by atoms with Gasteiger partial charge < -0.3 is 9.73 Å². The SMILES string of the molecule is Cl.Fc1ccc(-c2ccc(CNC3CC3)o2)cc1Cl. The zero-order valence-corrected chi connectivity index (χ0v) is 11.7. The molecule has 0 bridgehead atoms. The van der Waals surface area contributed by atoms with Crippen LogP contribution in [-0.2, 0) is 6.54 Å². The first-order valence-electron chi connectivity index (χ1n) is 6.00. The Morgan fingerprint density at radius 1 is 1.26 bits per heavy atom. The Labute approximate surface area is 122 Å². The van der Waals surface area contributed by atoms with Crippen LogP contribution in [0.25, 0.3) is 11.3 Å². The van der Waals surface area contributed by atoms with Gasteiger partial charge in [0.15, 0.2) is 0 Å². The molecular formula is C14H14Cl2FNO. The minimum Gasteiger partial charge on any atom is -0.460 e. The average Bonchev–Trinajstić information content (AvgIpc) is 3.08. The van der Waals surface area contributed by atoms with Crippen molar-refractivity contribution in [1.29, 1.82) is 0 Å². The Balaban J connectivity index is 0.00000133. The number of halogens is 3. The van der Waals surface area contributed by atoms with Gasteiger partial charge in [-0.25, -0.2) is 4.39 Å². The Bertz CT molecular complexity index is 566. The van der Waals surface area contributed by atoms with Crippen LogP contribution in [0.1, 0.15) is 18.6 Å². The molecule has 1 aromatic carbocycles. The Morgan fingerprint density at radius 2 is 2.05 bits per heavy atom. The first-order chi connectivity index (χ1) is 8.72. The molecule has 1 heterocycles. The summed E-state index contributed by atoms with van der Waals surface area (Å²) in [5.74, 6) is 1.18. The Morgan fingerprint density at radius 3 is 2.74 bits per heavy atom. The van der Waals surface area contributed by atoms with Crippen LogP contribution in [0.5, 0.6) is 0 Å². The number of benzene rings is 1. The highest BCUT2D eigenvalue weighted by atomic mass is 35.5. The summed E-state index contributed by atoms with van der Waals surface area (Å²) >= 11 is 5.75. The zero-order chi connectivity index (χ0) is 12.5. The van der Waals surface area contributed by atoms with Crippen LogP contribution in [0, 0.1) is 5.82 Å². The molecule has 2 aromatic rings. The number of nitrogens with one attached hydrogen (secondary N) is 1. The van der Waals surface area contributed by atoms with Crippen molar-refractivity contribution in [3.05, 3.63) is 46.9 Å². The predicted molar refractivity (Wildman–Crippen MR) is 76.2 cm³/mol. The van der Waals surface area contributed by atoms with Gasteiger partial charge in [0.25, 0.3) is 0 Å². The third-order valence-electron chi connectivity index (χ3n) is 3.01. The molecule has 1 N–H and O–H groups in total. The number of rotatable bonds is 4. The van der Waals surface area contributed by atoms with Gasteiger partial charge in [-0.3, -0.25) is 0 Å². The molecule has 5 heteroatoms. The first kappa shape index (κ1) is 14.4. The second kappa shape index (κ2) is 5.95. The zero-order valence-electron chi connectivity index (χ0n) is 10.2. The standard InChI is InChI=1S/C14H13ClFNO.ClH/c15-12-7-9(1-5-13(12)16)14-6-4-11(18-14)8-17-10-2-3-10;/h1,4-7,10,17H,2-3,8H2;1H. The summed E-state index contributed by atoms with van der Waals surface area (Å²) in [6, 6.07) is 9.06. The molecule has 3 rings (SSSR count). The van der Waals surface area contributed by atoms with E-state index in [4.69, 9.17) is 16.0 Å². The van der Waals surface area contributed by atoms with Gasteiger partial charge >= 0.3 is 0 Å². The molecule has 0 unspecified atom stereocenters. The fourth-order valence-corrected chi connectivity index (χ4v) is 1.99. The van der Waals surface area contributed by atoms with Crippen LogP contribution in [0.15, 0.2) is 34.7 Å². The Hall–Kier alpha value is -1.03. The fraction of sp³-hybridized carbons (Fsp3) is 0.286. The highest BCUT2D eigenvalue weighted by Gasteiger charge is 2.20. The number of hydrogen-bond acceptors (Lipinski definition) is 2. The maximum Gasteiger partial charge on any atom is 0.141 e. The maximum absolute atomic E-state index is 13.1. The molecule has 1 fully saturated rings. The van der Waals surface area contributed by atoms with Crippen LogP contribution in [0.2, 0.25) is 5.02 Å². The van der Waals surface area contributed by atoms with Crippen molar-refractivity contribution in [2.45, 2.75) is 25.4 Å². The van der Waals surface area contributed by atoms with E-state index >= 15 is 0 Å². The summed E-state index contributed by atoms with van der Waals surface area (Å²) < 4.78 is 18.8. The summed E-state index contributed by atoms with van der Waals surface area (Å²) in [5, 5.41) is 3.49. The normalized spacial score (nSPS) is 14.2. The fourth-order valence-electron chi connectivity index (χ4n) is 1.81. The van der Waals surface area contributed by atoms with Crippen molar-refractivity contribution in [2.75, 3.05) is 0 Å².